The van der Waals surface area contributed by atoms with Crippen LogP contribution in [0.2, 0.25) is 0 Å². The largest absolute Gasteiger partial charge is 0.299 e. The second-order valence-corrected chi connectivity index (χ2v) is 3.75. The van der Waals surface area contributed by atoms with Crippen LogP contribution in [0.1, 0.15) is 34.0 Å². The van der Waals surface area contributed by atoms with Crippen molar-refractivity contribution in [2.24, 2.45) is 0 Å². The molecule has 2 saturated heterocycles. The molecule has 2 fully saturated rings. The van der Waals surface area contributed by atoms with Gasteiger partial charge in [-0.15, -0.1) is 0 Å². The van der Waals surface area contributed by atoms with Crippen LogP contribution in [-0.2, 0) is 0 Å². The second kappa shape index (κ2) is 2.76. The van der Waals surface area contributed by atoms with Gasteiger partial charge >= 0.3 is 0 Å². The van der Waals surface area contributed by atoms with Gasteiger partial charge in [0.2, 0.25) is 0 Å². The Morgan fingerprint density at radius 3 is 2.73 bits per heavy atom. The molecule has 2 heterocycles. The Balaban J connectivity index is 0.000000720. The molecular formula is C9H20N2. The number of likely N-dealkylation sites (tertiary alicyclic amines) is 1. The molecule has 2 nitrogen and oxygen atoms in total. The minimum Gasteiger partial charge on any atom is -0.299 e. The summed E-state index contributed by atoms with van der Waals surface area (Å²) in [6.07, 6.45) is 5.57. The fourth-order valence-corrected chi connectivity index (χ4v) is 2.45. The first-order chi connectivity index (χ1) is 5.37. The van der Waals surface area contributed by atoms with Gasteiger partial charge in [-0.2, -0.15) is 0 Å². The smallest absolute Gasteiger partial charge is 0.0724 e. The molecule has 11 heavy (non-hydrogen) atoms. The number of hydrogen-bond donors (Lipinski definition) is 1. The third-order valence-electron chi connectivity index (χ3n) is 3.25. The number of hydrogen-bond acceptors (Lipinski definition) is 2. The molecule has 0 saturated carbocycles. The minimum atomic E-state index is 0. The molecule has 1 N–H and O–H groups in total. The van der Waals surface area contributed by atoms with Gasteiger partial charge in [-0.05, 0) is 45.3 Å². The first-order valence-corrected chi connectivity index (χ1v) is 4.87. The maximum Gasteiger partial charge on any atom is 0.0724 e. The van der Waals surface area contributed by atoms with Crippen molar-refractivity contribution in [1.29, 1.82) is 0 Å². The topological polar surface area (TPSA) is 15.3 Å². The van der Waals surface area contributed by atoms with E-state index in [9.17, 15) is 0 Å². The highest BCUT2D eigenvalue weighted by Crippen LogP contribution is 2.32. The van der Waals surface area contributed by atoms with Gasteiger partial charge in [-0.3, -0.25) is 10.2 Å². The lowest BCUT2D eigenvalue weighted by Crippen LogP contribution is -2.68. The number of nitrogens with zero attached hydrogens (tertiary/aromatic N) is 1. The summed E-state index contributed by atoms with van der Waals surface area (Å²) >= 11 is 0. The summed E-state index contributed by atoms with van der Waals surface area (Å²) < 4.78 is 0. The predicted octanol–water partition coefficient (Wildman–Crippen LogP) is 1.43. The SMILES string of the molecule is CCN1CCCCC12CCN2.[HH]. The van der Waals surface area contributed by atoms with Crippen LogP contribution < -0.4 is 5.32 Å². The van der Waals surface area contributed by atoms with Gasteiger partial charge in [0, 0.05) is 1.43 Å². The van der Waals surface area contributed by atoms with Gasteiger partial charge in [0.15, 0.2) is 0 Å². The Labute approximate surface area is 70.4 Å². The average molecular weight is 156 g/mol. The summed E-state index contributed by atoms with van der Waals surface area (Å²) in [7, 11) is 0. The fourth-order valence-electron chi connectivity index (χ4n) is 2.45. The van der Waals surface area contributed by atoms with Crippen LogP contribution in [0.3, 0.4) is 0 Å². The van der Waals surface area contributed by atoms with Crippen molar-refractivity contribution in [1.82, 2.24) is 10.2 Å². The van der Waals surface area contributed by atoms with Gasteiger partial charge < -0.3 is 0 Å². The Kier molecular flexibility index (Phi) is 1.90. The van der Waals surface area contributed by atoms with Crippen LogP contribution in [0.5, 0.6) is 0 Å². The Hall–Kier alpha value is -0.0800. The van der Waals surface area contributed by atoms with E-state index in [1.165, 1.54) is 45.3 Å². The average Bonchev–Trinajstić information content (AvgIpc) is 2.01. The van der Waals surface area contributed by atoms with Crippen molar-refractivity contribution in [2.75, 3.05) is 19.6 Å². The molecule has 0 amide bonds. The van der Waals surface area contributed by atoms with Crippen molar-refractivity contribution < 1.29 is 1.43 Å². The van der Waals surface area contributed by atoms with Gasteiger partial charge in [-0.25, -0.2) is 0 Å². The lowest BCUT2D eigenvalue weighted by molar-refractivity contribution is -0.0313. The maximum atomic E-state index is 3.59. The summed E-state index contributed by atoms with van der Waals surface area (Å²) in [6.45, 7) is 6.03. The van der Waals surface area contributed by atoms with E-state index in [0.717, 1.165) is 0 Å². The number of piperidine rings is 1. The highest BCUT2D eigenvalue weighted by molar-refractivity contribution is 4.97. The fraction of sp³-hybridized carbons (Fsp3) is 1.00. The molecule has 0 aromatic heterocycles. The lowest BCUT2D eigenvalue weighted by atomic mass is 9.86. The standard InChI is InChI=1S/C9H18N2.H2/c1-2-11-8-4-3-5-9(11)6-7-10-9;/h10H,2-8H2,1H3;1H. The van der Waals surface area contributed by atoms with Crippen LogP contribution >= 0.6 is 0 Å². The Morgan fingerprint density at radius 2 is 2.27 bits per heavy atom. The zero-order valence-corrected chi connectivity index (χ0v) is 7.40. The lowest BCUT2D eigenvalue weighted by Gasteiger charge is -2.53. The molecule has 0 aliphatic carbocycles. The van der Waals surface area contributed by atoms with Crippen LogP contribution in [0.4, 0.5) is 0 Å². The van der Waals surface area contributed by atoms with E-state index in [1.807, 2.05) is 0 Å². The van der Waals surface area contributed by atoms with Crippen molar-refractivity contribution in [2.45, 2.75) is 38.3 Å². The zero-order valence-electron chi connectivity index (χ0n) is 7.40. The van der Waals surface area contributed by atoms with E-state index in [0.29, 0.717) is 5.66 Å². The van der Waals surface area contributed by atoms with Gasteiger partial charge in [0.05, 0.1) is 5.66 Å². The first-order valence-electron chi connectivity index (χ1n) is 4.87. The molecule has 2 aliphatic heterocycles. The minimum absolute atomic E-state index is 0. The number of nitrogens with one attached hydrogen (secondary N) is 1. The molecule has 0 aromatic rings. The van der Waals surface area contributed by atoms with Crippen LogP contribution in [0, 0.1) is 0 Å². The molecule has 2 aliphatic rings. The molecule has 1 atom stereocenters. The molecule has 2 heteroatoms. The molecular weight excluding hydrogens is 136 g/mol. The molecule has 1 unspecified atom stereocenters. The van der Waals surface area contributed by atoms with Crippen molar-refractivity contribution in [3.05, 3.63) is 0 Å². The van der Waals surface area contributed by atoms with Crippen molar-refractivity contribution in [3.8, 4) is 0 Å². The van der Waals surface area contributed by atoms with E-state index >= 15 is 0 Å². The van der Waals surface area contributed by atoms with E-state index in [-0.39, 0.29) is 1.43 Å². The third-order valence-corrected chi connectivity index (χ3v) is 3.25. The Morgan fingerprint density at radius 1 is 1.45 bits per heavy atom. The zero-order chi connectivity index (χ0) is 7.73. The van der Waals surface area contributed by atoms with Crippen LogP contribution in [-0.4, -0.2) is 30.2 Å². The first kappa shape index (κ1) is 7.56. The monoisotopic (exact) mass is 156 g/mol. The van der Waals surface area contributed by atoms with Gasteiger partial charge in [0.1, 0.15) is 0 Å². The molecule has 1 spiro atoms. The molecule has 0 radical (unpaired) electrons. The highest BCUT2D eigenvalue weighted by Gasteiger charge is 2.42. The summed E-state index contributed by atoms with van der Waals surface area (Å²) in [6, 6.07) is 0. The highest BCUT2D eigenvalue weighted by atomic mass is 15.4. The van der Waals surface area contributed by atoms with Crippen molar-refractivity contribution >= 4 is 0 Å². The normalized spacial score (nSPS) is 39.0. The molecule has 0 bridgehead atoms. The summed E-state index contributed by atoms with van der Waals surface area (Å²) in [5, 5.41) is 3.59. The third kappa shape index (κ3) is 1.09. The molecule has 0 aromatic carbocycles. The quantitative estimate of drug-likeness (QED) is 0.618. The van der Waals surface area contributed by atoms with Gasteiger partial charge in [-0.1, -0.05) is 6.92 Å². The molecule has 2 rings (SSSR count). The van der Waals surface area contributed by atoms with E-state index in [2.05, 4.69) is 17.1 Å². The van der Waals surface area contributed by atoms with Gasteiger partial charge in [0.25, 0.3) is 0 Å². The van der Waals surface area contributed by atoms with Crippen molar-refractivity contribution in [3.63, 3.8) is 0 Å². The van der Waals surface area contributed by atoms with E-state index in [1.54, 1.807) is 0 Å². The predicted molar refractivity (Wildman–Crippen MR) is 48.6 cm³/mol. The summed E-state index contributed by atoms with van der Waals surface area (Å²) in [5.41, 5.74) is 0.451. The summed E-state index contributed by atoms with van der Waals surface area (Å²) in [4.78, 5) is 2.61. The maximum absolute atomic E-state index is 3.59. The summed E-state index contributed by atoms with van der Waals surface area (Å²) in [5.74, 6) is 0. The Bertz CT molecular complexity index is 145. The van der Waals surface area contributed by atoms with Crippen LogP contribution in [0.15, 0.2) is 0 Å². The van der Waals surface area contributed by atoms with Crippen LogP contribution in [0.25, 0.3) is 0 Å². The molecule has 66 valence electrons. The van der Waals surface area contributed by atoms with E-state index in [4.69, 9.17) is 0 Å². The second-order valence-electron chi connectivity index (χ2n) is 3.75. The number of rotatable bonds is 1. The van der Waals surface area contributed by atoms with E-state index < -0.39 is 0 Å².